The zero-order valence-corrected chi connectivity index (χ0v) is 17.6. The number of nitrogens with zero attached hydrogens (tertiary/aromatic N) is 4. The lowest BCUT2D eigenvalue weighted by atomic mass is 9.99. The number of amides is 1. The summed E-state index contributed by atoms with van der Waals surface area (Å²) in [5.41, 5.74) is 1.46. The normalized spacial score (nSPS) is 18.6. The number of carbonyl (C=O) groups is 2. The second kappa shape index (κ2) is 8.11. The standard InChI is InChI=1S/C22H25N5O3/c1-21(2,3)30-20(29)26-22(4)7-10-27(14-22)19-16(13-28)12-25-17(11-23)18(19)15-5-8-24-9-6-15/h5-6,8-9,12-13H,7,10,14H2,1-4H3,(H,26,29)/t22-/m0/s1. The van der Waals surface area contributed by atoms with Gasteiger partial charge in [0.25, 0.3) is 0 Å². The van der Waals surface area contributed by atoms with Crippen LogP contribution < -0.4 is 10.2 Å². The molecule has 2 aromatic heterocycles. The number of ether oxygens (including phenoxy) is 1. The van der Waals surface area contributed by atoms with Crippen LogP contribution in [0.5, 0.6) is 0 Å². The van der Waals surface area contributed by atoms with Crippen molar-refractivity contribution in [1.29, 1.82) is 5.26 Å². The van der Waals surface area contributed by atoms with Crippen LogP contribution in [0.25, 0.3) is 11.1 Å². The lowest BCUT2D eigenvalue weighted by Gasteiger charge is -2.30. The predicted octanol–water partition coefficient (Wildman–Crippen LogP) is 3.32. The second-order valence-corrected chi connectivity index (χ2v) is 8.61. The molecule has 1 amide bonds. The molecule has 1 aliphatic heterocycles. The predicted molar refractivity (Wildman–Crippen MR) is 112 cm³/mol. The van der Waals surface area contributed by atoms with Crippen molar-refractivity contribution in [2.45, 2.75) is 45.3 Å². The van der Waals surface area contributed by atoms with Gasteiger partial charge in [0.1, 0.15) is 17.4 Å². The van der Waals surface area contributed by atoms with Gasteiger partial charge in [0.15, 0.2) is 6.29 Å². The summed E-state index contributed by atoms with van der Waals surface area (Å²) in [6, 6.07) is 5.69. The average molecular weight is 407 g/mol. The van der Waals surface area contributed by atoms with Crippen molar-refractivity contribution in [1.82, 2.24) is 15.3 Å². The van der Waals surface area contributed by atoms with E-state index in [2.05, 4.69) is 21.4 Å². The monoisotopic (exact) mass is 407 g/mol. The molecule has 3 rings (SSSR count). The number of nitrogens with one attached hydrogen (secondary N) is 1. The van der Waals surface area contributed by atoms with E-state index in [9.17, 15) is 14.9 Å². The van der Waals surface area contributed by atoms with E-state index in [0.717, 1.165) is 11.8 Å². The molecule has 1 fully saturated rings. The summed E-state index contributed by atoms with van der Waals surface area (Å²) < 4.78 is 5.40. The van der Waals surface area contributed by atoms with Crippen LogP contribution in [0.2, 0.25) is 0 Å². The van der Waals surface area contributed by atoms with Crippen molar-refractivity contribution in [2.24, 2.45) is 0 Å². The van der Waals surface area contributed by atoms with Crippen molar-refractivity contribution in [2.75, 3.05) is 18.0 Å². The summed E-state index contributed by atoms with van der Waals surface area (Å²) in [4.78, 5) is 34.3. The third-order valence-corrected chi connectivity index (χ3v) is 4.87. The maximum atomic E-state index is 12.3. The Bertz CT molecular complexity index is 994. The highest BCUT2D eigenvalue weighted by Crippen LogP contribution is 2.38. The Morgan fingerprint density at radius 1 is 1.37 bits per heavy atom. The van der Waals surface area contributed by atoms with Gasteiger partial charge in [-0.3, -0.25) is 9.78 Å². The quantitative estimate of drug-likeness (QED) is 0.775. The topological polar surface area (TPSA) is 108 Å². The van der Waals surface area contributed by atoms with Gasteiger partial charge in [-0.1, -0.05) is 0 Å². The maximum absolute atomic E-state index is 12.3. The number of carbonyl (C=O) groups excluding carboxylic acids is 2. The van der Waals surface area contributed by atoms with E-state index in [1.54, 1.807) is 24.5 Å². The Hall–Kier alpha value is -3.47. The average Bonchev–Trinajstić information content (AvgIpc) is 3.06. The number of rotatable bonds is 4. The molecule has 0 unspecified atom stereocenters. The molecular formula is C22H25N5O3. The van der Waals surface area contributed by atoms with Gasteiger partial charge in [-0.25, -0.2) is 9.78 Å². The largest absolute Gasteiger partial charge is 0.444 e. The van der Waals surface area contributed by atoms with Gasteiger partial charge in [-0.2, -0.15) is 5.26 Å². The number of aromatic nitrogens is 2. The molecule has 0 saturated carbocycles. The van der Waals surface area contributed by atoms with E-state index in [-0.39, 0.29) is 5.69 Å². The van der Waals surface area contributed by atoms with Gasteiger partial charge in [0, 0.05) is 37.2 Å². The zero-order chi connectivity index (χ0) is 21.9. The van der Waals surface area contributed by atoms with Crippen LogP contribution in [0, 0.1) is 11.3 Å². The van der Waals surface area contributed by atoms with E-state index in [4.69, 9.17) is 4.74 Å². The van der Waals surface area contributed by atoms with Crippen LogP contribution in [0.15, 0.2) is 30.7 Å². The summed E-state index contributed by atoms with van der Waals surface area (Å²) in [6.07, 6.45) is 5.60. The number of pyridine rings is 2. The van der Waals surface area contributed by atoms with Crippen molar-refractivity contribution in [3.63, 3.8) is 0 Å². The third kappa shape index (κ3) is 4.57. The molecular weight excluding hydrogens is 382 g/mol. The lowest BCUT2D eigenvalue weighted by molar-refractivity contribution is 0.0473. The maximum Gasteiger partial charge on any atom is 0.408 e. The Kier molecular flexibility index (Phi) is 5.74. The molecule has 0 aromatic carbocycles. The van der Waals surface area contributed by atoms with E-state index in [1.165, 1.54) is 6.20 Å². The van der Waals surface area contributed by atoms with Crippen LogP contribution in [0.3, 0.4) is 0 Å². The van der Waals surface area contributed by atoms with E-state index < -0.39 is 17.2 Å². The van der Waals surface area contributed by atoms with E-state index in [0.29, 0.717) is 36.3 Å². The van der Waals surface area contributed by atoms with Gasteiger partial charge in [-0.05, 0) is 51.8 Å². The molecule has 8 heteroatoms. The van der Waals surface area contributed by atoms with Crippen molar-refractivity contribution in [3.8, 4) is 17.2 Å². The molecule has 3 heterocycles. The number of aldehydes is 1. The minimum Gasteiger partial charge on any atom is -0.444 e. The summed E-state index contributed by atoms with van der Waals surface area (Å²) in [5, 5.41) is 12.6. The fraction of sp³-hybridized carbons (Fsp3) is 0.409. The smallest absolute Gasteiger partial charge is 0.408 e. The number of alkyl carbamates (subject to hydrolysis) is 1. The fourth-order valence-electron chi connectivity index (χ4n) is 3.62. The molecule has 1 aliphatic rings. The molecule has 0 spiro atoms. The molecule has 0 bridgehead atoms. The summed E-state index contributed by atoms with van der Waals surface area (Å²) in [5.74, 6) is 0. The van der Waals surface area contributed by atoms with E-state index in [1.807, 2.05) is 32.6 Å². The van der Waals surface area contributed by atoms with Crippen LogP contribution in [0.4, 0.5) is 10.5 Å². The minimum atomic E-state index is -0.593. The highest BCUT2D eigenvalue weighted by Gasteiger charge is 2.38. The Labute approximate surface area is 175 Å². The molecule has 8 nitrogen and oxygen atoms in total. The SMILES string of the molecule is CC(C)(C)OC(=O)N[C@@]1(C)CCN(c2c(C=O)cnc(C#N)c2-c2ccncc2)C1. The third-order valence-electron chi connectivity index (χ3n) is 4.87. The van der Waals surface area contributed by atoms with Gasteiger partial charge >= 0.3 is 6.09 Å². The van der Waals surface area contributed by atoms with E-state index >= 15 is 0 Å². The summed E-state index contributed by atoms with van der Waals surface area (Å²) in [6.45, 7) is 8.44. The summed E-state index contributed by atoms with van der Waals surface area (Å²) in [7, 11) is 0. The van der Waals surface area contributed by atoms with Crippen molar-refractivity contribution >= 4 is 18.1 Å². The second-order valence-electron chi connectivity index (χ2n) is 8.61. The molecule has 0 radical (unpaired) electrons. The first kappa shape index (κ1) is 21.2. The molecule has 1 saturated heterocycles. The molecule has 2 aromatic rings. The van der Waals surface area contributed by atoms with Crippen molar-refractivity contribution < 1.29 is 14.3 Å². The molecule has 30 heavy (non-hydrogen) atoms. The Morgan fingerprint density at radius 2 is 2.07 bits per heavy atom. The molecule has 0 aliphatic carbocycles. The minimum absolute atomic E-state index is 0.232. The molecule has 156 valence electrons. The van der Waals surface area contributed by atoms with Gasteiger partial charge in [0.2, 0.25) is 0 Å². The highest BCUT2D eigenvalue weighted by atomic mass is 16.6. The number of hydrogen-bond acceptors (Lipinski definition) is 7. The molecule has 1 N–H and O–H groups in total. The van der Waals surface area contributed by atoms with Crippen LogP contribution in [0.1, 0.15) is 50.2 Å². The Balaban J connectivity index is 1.98. The first-order valence-electron chi connectivity index (χ1n) is 9.70. The lowest BCUT2D eigenvalue weighted by Crippen LogP contribution is -2.49. The van der Waals surface area contributed by atoms with Crippen LogP contribution >= 0.6 is 0 Å². The van der Waals surface area contributed by atoms with Gasteiger partial charge in [-0.15, -0.1) is 0 Å². The van der Waals surface area contributed by atoms with Gasteiger partial charge in [0.05, 0.1) is 16.8 Å². The fourth-order valence-corrected chi connectivity index (χ4v) is 3.62. The van der Waals surface area contributed by atoms with Crippen LogP contribution in [-0.2, 0) is 4.74 Å². The summed E-state index contributed by atoms with van der Waals surface area (Å²) >= 11 is 0. The van der Waals surface area contributed by atoms with Crippen LogP contribution in [-0.4, -0.2) is 46.6 Å². The van der Waals surface area contributed by atoms with Crippen molar-refractivity contribution in [3.05, 3.63) is 42.0 Å². The van der Waals surface area contributed by atoms with Gasteiger partial charge < -0.3 is 15.0 Å². The number of hydrogen-bond donors (Lipinski definition) is 1. The first-order chi connectivity index (χ1) is 14.2. The Morgan fingerprint density at radius 3 is 2.67 bits per heavy atom. The zero-order valence-electron chi connectivity index (χ0n) is 17.6. The molecule has 1 atom stereocenters. The number of nitriles is 1. The number of anilines is 1. The highest BCUT2D eigenvalue weighted by molar-refractivity contribution is 5.94. The first-order valence-corrected chi connectivity index (χ1v) is 9.70.